The Morgan fingerprint density at radius 2 is 1.90 bits per heavy atom. The van der Waals surface area contributed by atoms with Crippen LogP contribution >= 0.6 is 0 Å². The van der Waals surface area contributed by atoms with Crippen LogP contribution in [0.3, 0.4) is 0 Å². The van der Waals surface area contributed by atoms with Gasteiger partial charge in [0.15, 0.2) is 0 Å². The van der Waals surface area contributed by atoms with Gasteiger partial charge in [0.05, 0.1) is 0 Å². The van der Waals surface area contributed by atoms with Gasteiger partial charge in [0, 0.05) is 30.2 Å². The van der Waals surface area contributed by atoms with Crippen LogP contribution in [0.2, 0.25) is 0 Å². The maximum atomic E-state index is 3.69. The first-order chi connectivity index (χ1) is 9.77. The highest BCUT2D eigenvalue weighted by atomic mass is 15.0. The quantitative estimate of drug-likeness (QED) is 0.883. The number of hydrogen-bond donors (Lipinski definition) is 1. The van der Waals surface area contributed by atoms with Crippen LogP contribution in [0.4, 0.5) is 0 Å². The van der Waals surface area contributed by atoms with E-state index in [9.17, 15) is 0 Å². The molecule has 1 aliphatic rings. The lowest BCUT2D eigenvalue weighted by Crippen LogP contribution is -2.25. The monoisotopic (exact) mass is 270 g/mol. The van der Waals surface area contributed by atoms with Gasteiger partial charge in [-0.2, -0.15) is 0 Å². The van der Waals surface area contributed by atoms with Crippen molar-refractivity contribution in [2.24, 2.45) is 13.0 Å². The van der Waals surface area contributed by atoms with Gasteiger partial charge in [0.1, 0.15) is 0 Å². The van der Waals surface area contributed by atoms with Crippen molar-refractivity contribution in [3.8, 4) is 0 Å². The molecule has 108 valence electrons. The summed E-state index contributed by atoms with van der Waals surface area (Å²) in [6.07, 6.45) is 7.14. The Bertz CT molecular complexity index is 537. The first-order valence-corrected chi connectivity index (χ1v) is 8.01. The molecule has 1 N–H and O–H groups in total. The van der Waals surface area contributed by atoms with Gasteiger partial charge in [0.25, 0.3) is 0 Å². The summed E-state index contributed by atoms with van der Waals surface area (Å²) in [6.45, 7) is 4.43. The minimum absolute atomic E-state index is 0.902. The van der Waals surface area contributed by atoms with Gasteiger partial charge in [-0.3, -0.25) is 0 Å². The molecule has 1 aromatic carbocycles. The van der Waals surface area contributed by atoms with Crippen LogP contribution in [-0.2, 0) is 13.6 Å². The van der Waals surface area contributed by atoms with Crippen molar-refractivity contribution in [2.75, 3.05) is 6.54 Å². The van der Waals surface area contributed by atoms with E-state index in [1.165, 1.54) is 60.8 Å². The zero-order valence-corrected chi connectivity index (χ0v) is 12.8. The van der Waals surface area contributed by atoms with Crippen LogP contribution in [-0.4, -0.2) is 11.1 Å². The Labute approximate surface area is 122 Å². The van der Waals surface area contributed by atoms with E-state index in [1.807, 2.05) is 0 Å². The van der Waals surface area contributed by atoms with E-state index < -0.39 is 0 Å². The van der Waals surface area contributed by atoms with Crippen molar-refractivity contribution >= 4 is 10.9 Å². The third kappa shape index (κ3) is 2.62. The molecule has 1 aliphatic carbocycles. The van der Waals surface area contributed by atoms with Crippen molar-refractivity contribution in [1.29, 1.82) is 0 Å². The van der Waals surface area contributed by atoms with E-state index in [-0.39, 0.29) is 0 Å². The lowest BCUT2D eigenvalue weighted by atomic mass is 9.89. The van der Waals surface area contributed by atoms with Gasteiger partial charge in [-0.05, 0) is 43.9 Å². The van der Waals surface area contributed by atoms with E-state index in [0.717, 1.165) is 12.5 Å². The minimum Gasteiger partial charge on any atom is -0.346 e. The topological polar surface area (TPSA) is 17.0 Å². The summed E-state index contributed by atoms with van der Waals surface area (Å²) in [5.41, 5.74) is 4.21. The summed E-state index contributed by atoms with van der Waals surface area (Å²) in [6, 6.07) is 8.71. The molecule has 0 amide bonds. The normalized spacial score (nSPS) is 16.9. The second-order valence-corrected chi connectivity index (χ2v) is 6.28. The molecule has 0 atom stereocenters. The number of fused-ring (bicyclic) bond motifs is 1. The Kier molecular flexibility index (Phi) is 4.11. The predicted molar refractivity (Wildman–Crippen MR) is 85.9 cm³/mol. The predicted octanol–water partition coefficient (Wildman–Crippen LogP) is 4.16. The summed E-state index contributed by atoms with van der Waals surface area (Å²) >= 11 is 0. The molecule has 0 saturated heterocycles. The molecule has 2 heteroatoms. The Hall–Kier alpha value is -1.28. The number of nitrogens with zero attached hydrogens (tertiary/aromatic N) is 1. The van der Waals surface area contributed by atoms with Crippen molar-refractivity contribution < 1.29 is 0 Å². The minimum atomic E-state index is 0.902. The fourth-order valence-electron chi connectivity index (χ4n) is 3.67. The molecule has 0 unspecified atom stereocenters. The molecule has 2 aromatic rings. The number of hydrogen-bond acceptors (Lipinski definition) is 1. The number of benzene rings is 1. The highest BCUT2D eigenvalue weighted by Gasteiger charge is 2.14. The van der Waals surface area contributed by atoms with E-state index in [0.29, 0.717) is 0 Å². The number of rotatable bonds is 4. The van der Waals surface area contributed by atoms with Gasteiger partial charge in [-0.1, -0.05) is 37.5 Å². The first-order valence-electron chi connectivity index (χ1n) is 8.01. The maximum Gasteiger partial charge on any atom is 0.0483 e. The molecule has 2 nitrogen and oxygen atoms in total. The van der Waals surface area contributed by atoms with E-state index >= 15 is 0 Å². The number of aryl methyl sites for hydroxylation is 2. The molecule has 1 heterocycles. The third-order valence-electron chi connectivity index (χ3n) is 4.96. The lowest BCUT2D eigenvalue weighted by Gasteiger charge is -2.22. The van der Waals surface area contributed by atoms with Crippen molar-refractivity contribution in [2.45, 2.75) is 45.6 Å². The summed E-state index contributed by atoms with van der Waals surface area (Å²) in [7, 11) is 2.19. The first kappa shape index (κ1) is 13.7. The fourth-order valence-corrected chi connectivity index (χ4v) is 3.67. The van der Waals surface area contributed by atoms with E-state index in [1.54, 1.807) is 0 Å². The molecule has 1 fully saturated rings. The van der Waals surface area contributed by atoms with E-state index in [2.05, 4.69) is 48.1 Å². The zero-order chi connectivity index (χ0) is 13.9. The number of para-hydroxylation sites is 1. The molecule has 0 spiro atoms. The highest BCUT2D eigenvalue weighted by Crippen LogP contribution is 2.25. The highest BCUT2D eigenvalue weighted by molar-refractivity contribution is 5.85. The molecule has 1 saturated carbocycles. The molecule has 3 rings (SSSR count). The molecule has 1 aromatic heterocycles. The third-order valence-corrected chi connectivity index (χ3v) is 4.96. The second kappa shape index (κ2) is 6.01. The largest absolute Gasteiger partial charge is 0.346 e. The van der Waals surface area contributed by atoms with Crippen LogP contribution in [0.15, 0.2) is 24.3 Å². The smallest absolute Gasteiger partial charge is 0.0483 e. The van der Waals surface area contributed by atoms with Crippen molar-refractivity contribution in [1.82, 2.24) is 9.88 Å². The molecule has 0 bridgehead atoms. The molecule has 0 aliphatic heterocycles. The summed E-state index contributed by atoms with van der Waals surface area (Å²) in [4.78, 5) is 0. The summed E-state index contributed by atoms with van der Waals surface area (Å²) in [5.74, 6) is 0.902. The van der Waals surface area contributed by atoms with Gasteiger partial charge in [-0.25, -0.2) is 0 Å². The second-order valence-electron chi connectivity index (χ2n) is 6.28. The Morgan fingerprint density at radius 1 is 1.15 bits per heavy atom. The van der Waals surface area contributed by atoms with Gasteiger partial charge < -0.3 is 9.88 Å². The fraction of sp³-hybridized carbons (Fsp3) is 0.556. The number of nitrogens with one attached hydrogen (secondary N) is 1. The van der Waals surface area contributed by atoms with Crippen LogP contribution < -0.4 is 5.32 Å². The zero-order valence-electron chi connectivity index (χ0n) is 12.8. The molecule has 0 radical (unpaired) electrons. The van der Waals surface area contributed by atoms with Crippen LogP contribution in [0, 0.1) is 12.8 Å². The SMILES string of the molecule is Cc1c(CNCC2CCCCC2)n(C)c2ccccc12. The van der Waals surface area contributed by atoms with E-state index in [4.69, 9.17) is 0 Å². The standard InChI is InChI=1S/C18H26N2/c1-14-16-10-6-7-11-17(16)20(2)18(14)13-19-12-15-8-4-3-5-9-15/h6-7,10-11,15,19H,3-5,8-9,12-13H2,1-2H3. The van der Waals surface area contributed by atoms with Crippen LogP contribution in [0.5, 0.6) is 0 Å². The van der Waals surface area contributed by atoms with Gasteiger partial charge >= 0.3 is 0 Å². The average Bonchev–Trinajstić information content (AvgIpc) is 2.74. The Morgan fingerprint density at radius 3 is 2.65 bits per heavy atom. The van der Waals surface area contributed by atoms with Gasteiger partial charge in [-0.15, -0.1) is 0 Å². The van der Waals surface area contributed by atoms with Gasteiger partial charge in [0.2, 0.25) is 0 Å². The number of aromatic nitrogens is 1. The summed E-state index contributed by atoms with van der Waals surface area (Å²) in [5, 5.41) is 5.09. The molecular weight excluding hydrogens is 244 g/mol. The van der Waals surface area contributed by atoms with Crippen molar-refractivity contribution in [3.63, 3.8) is 0 Å². The molecular formula is C18H26N2. The van der Waals surface area contributed by atoms with Crippen LogP contribution in [0.25, 0.3) is 10.9 Å². The lowest BCUT2D eigenvalue weighted by molar-refractivity contribution is 0.341. The van der Waals surface area contributed by atoms with Crippen molar-refractivity contribution in [3.05, 3.63) is 35.5 Å². The average molecular weight is 270 g/mol. The summed E-state index contributed by atoms with van der Waals surface area (Å²) < 4.78 is 2.35. The van der Waals surface area contributed by atoms with Crippen LogP contribution in [0.1, 0.15) is 43.4 Å². The molecule has 20 heavy (non-hydrogen) atoms. The Balaban J connectivity index is 1.68. The maximum absolute atomic E-state index is 3.69.